The quantitative estimate of drug-likeness (QED) is 0.100. The van der Waals surface area contributed by atoms with Gasteiger partial charge in [-0.05, 0) is 59.6 Å². The summed E-state index contributed by atoms with van der Waals surface area (Å²) in [6.07, 6.45) is -0.830. The summed E-state index contributed by atoms with van der Waals surface area (Å²) in [6, 6.07) is 18.5. The predicted molar refractivity (Wildman–Crippen MR) is 193 cm³/mol. The van der Waals surface area contributed by atoms with Crippen molar-refractivity contribution >= 4 is 29.5 Å². The second-order valence-corrected chi connectivity index (χ2v) is 14.5. The average molecular weight is 746 g/mol. The number of rotatable bonds is 13. The van der Waals surface area contributed by atoms with E-state index in [1.165, 1.54) is 11.2 Å². The molecule has 54 heavy (non-hydrogen) atoms. The Bertz CT molecular complexity index is 1910. The summed E-state index contributed by atoms with van der Waals surface area (Å²) in [5, 5.41) is 4.50. The van der Waals surface area contributed by atoms with Crippen LogP contribution >= 0.6 is 0 Å². The van der Waals surface area contributed by atoms with E-state index in [4.69, 9.17) is 33.2 Å². The standard InChI is InChI=1S/C39H47N5O10/c1-8-48-34(45)39(35(46)49-9-2,20-25-16-12-10-13-17-25)50-23-28-30-31(53-38(6,7)52-30)29(51-28)27-21-40-33-32(41-24-42-44(27)33)43(36(47)54-37(3,4)5)22-26-18-14-11-15-19-26/h10-19,21,24,28-31H,8-9,20,22-23H2,1-7H3/t28-,29+,30-,31+/m1/s1. The highest BCUT2D eigenvalue weighted by atomic mass is 16.8. The molecule has 0 aliphatic carbocycles. The summed E-state index contributed by atoms with van der Waals surface area (Å²) in [7, 11) is 0. The number of hydrogen-bond donors (Lipinski definition) is 0. The number of esters is 2. The maximum Gasteiger partial charge on any atom is 0.416 e. The molecular weight excluding hydrogens is 698 g/mol. The highest BCUT2D eigenvalue weighted by Crippen LogP contribution is 2.46. The number of carbonyl (C=O) groups is 3. The van der Waals surface area contributed by atoms with Gasteiger partial charge in [0, 0.05) is 6.42 Å². The van der Waals surface area contributed by atoms with Crippen molar-refractivity contribution in [2.75, 3.05) is 24.7 Å². The lowest BCUT2D eigenvalue weighted by Gasteiger charge is -2.31. The summed E-state index contributed by atoms with van der Waals surface area (Å²) in [5.41, 5.74) is -0.622. The minimum Gasteiger partial charge on any atom is -0.463 e. The van der Waals surface area contributed by atoms with Gasteiger partial charge in [-0.25, -0.2) is 28.9 Å². The van der Waals surface area contributed by atoms with Crippen LogP contribution in [-0.2, 0) is 55.7 Å². The summed E-state index contributed by atoms with van der Waals surface area (Å²) in [4.78, 5) is 51.5. The lowest BCUT2D eigenvalue weighted by molar-refractivity contribution is -0.210. The van der Waals surface area contributed by atoms with Crippen LogP contribution in [0.2, 0.25) is 0 Å². The minimum atomic E-state index is -2.13. The van der Waals surface area contributed by atoms with Gasteiger partial charge in [-0.3, -0.25) is 4.90 Å². The molecule has 2 aliphatic rings. The van der Waals surface area contributed by atoms with E-state index < -0.39 is 59.4 Å². The van der Waals surface area contributed by atoms with Crippen molar-refractivity contribution in [2.24, 2.45) is 0 Å². The molecule has 0 spiro atoms. The highest BCUT2D eigenvalue weighted by Gasteiger charge is 2.58. The van der Waals surface area contributed by atoms with Gasteiger partial charge in [0.05, 0.1) is 38.3 Å². The molecule has 2 fully saturated rings. The molecule has 0 N–H and O–H groups in total. The first-order valence-electron chi connectivity index (χ1n) is 18.0. The number of carbonyl (C=O) groups excluding carboxylic acids is 3. The van der Waals surface area contributed by atoms with Gasteiger partial charge < -0.3 is 33.2 Å². The van der Waals surface area contributed by atoms with Crippen molar-refractivity contribution in [1.29, 1.82) is 0 Å². The molecule has 15 heteroatoms. The van der Waals surface area contributed by atoms with Crippen molar-refractivity contribution in [3.63, 3.8) is 0 Å². The van der Waals surface area contributed by atoms with Crippen molar-refractivity contribution in [3.05, 3.63) is 90.0 Å². The predicted octanol–water partition coefficient (Wildman–Crippen LogP) is 5.15. The Labute approximate surface area is 313 Å². The molecule has 0 radical (unpaired) electrons. The van der Waals surface area contributed by atoms with Crippen LogP contribution in [0, 0.1) is 0 Å². The maximum atomic E-state index is 13.6. The van der Waals surface area contributed by atoms with E-state index in [0.29, 0.717) is 11.3 Å². The number of fused-ring (bicyclic) bond motifs is 2. The molecule has 0 saturated carbocycles. The zero-order valence-corrected chi connectivity index (χ0v) is 31.6. The fourth-order valence-corrected chi connectivity index (χ4v) is 6.57. The van der Waals surface area contributed by atoms with E-state index in [1.807, 2.05) is 36.4 Å². The normalized spacial score (nSPS) is 20.7. The van der Waals surface area contributed by atoms with E-state index in [0.717, 1.165) is 5.56 Å². The van der Waals surface area contributed by atoms with Crippen molar-refractivity contribution in [3.8, 4) is 0 Å². The monoisotopic (exact) mass is 745 g/mol. The Morgan fingerprint density at radius 2 is 1.48 bits per heavy atom. The SMILES string of the molecule is CCOC(=O)C(Cc1ccccc1)(OC[C@H]1O[C@@H](c2cnc3c(N(Cc4ccccc4)C(=O)OC(C)(C)C)ncnn23)[C@@H]2OC(C)(C)O[C@@H]21)C(=O)OCC. The van der Waals surface area contributed by atoms with Crippen LogP contribution in [0.4, 0.5) is 10.6 Å². The molecule has 4 atom stereocenters. The molecule has 4 aromatic rings. The lowest BCUT2D eigenvalue weighted by Crippen LogP contribution is -2.54. The molecular formula is C39H47N5O10. The molecule has 0 unspecified atom stereocenters. The van der Waals surface area contributed by atoms with E-state index >= 15 is 0 Å². The molecule has 4 heterocycles. The number of ether oxygens (including phenoxy) is 7. The highest BCUT2D eigenvalue weighted by molar-refractivity contribution is 6.04. The number of amides is 1. The summed E-state index contributed by atoms with van der Waals surface area (Å²) in [5.74, 6) is -2.54. The number of anilines is 1. The van der Waals surface area contributed by atoms with Gasteiger partial charge in [-0.2, -0.15) is 5.10 Å². The van der Waals surface area contributed by atoms with Crippen LogP contribution in [0.25, 0.3) is 5.65 Å². The molecule has 2 aliphatic heterocycles. The fourth-order valence-electron chi connectivity index (χ4n) is 6.57. The Morgan fingerprint density at radius 1 is 0.870 bits per heavy atom. The third-order valence-electron chi connectivity index (χ3n) is 8.81. The third kappa shape index (κ3) is 8.23. The van der Waals surface area contributed by atoms with Crippen LogP contribution in [0.5, 0.6) is 0 Å². The molecule has 2 aromatic carbocycles. The van der Waals surface area contributed by atoms with E-state index in [9.17, 15) is 14.4 Å². The van der Waals surface area contributed by atoms with Gasteiger partial charge in [0.1, 0.15) is 36.3 Å². The van der Waals surface area contributed by atoms with E-state index in [1.54, 1.807) is 83.4 Å². The first-order chi connectivity index (χ1) is 25.7. The van der Waals surface area contributed by atoms with E-state index in [2.05, 4.69) is 15.1 Å². The first-order valence-corrected chi connectivity index (χ1v) is 18.0. The van der Waals surface area contributed by atoms with Crippen molar-refractivity contribution < 1.29 is 47.5 Å². The smallest absolute Gasteiger partial charge is 0.416 e. The molecule has 0 bridgehead atoms. The number of benzene rings is 2. The molecule has 2 aromatic heterocycles. The number of hydrogen-bond acceptors (Lipinski definition) is 13. The summed E-state index contributed by atoms with van der Waals surface area (Å²) < 4.78 is 43.8. The molecule has 15 nitrogen and oxygen atoms in total. The topological polar surface area (TPSA) is 162 Å². The Hall–Kier alpha value is -4.96. The third-order valence-corrected chi connectivity index (χ3v) is 8.81. The molecule has 1 amide bonds. The second kappa shape index (κ2) is 15.8. The van der Waals surface area contributed by atoms with Crippen molar-refractivity contribution in [2.45, 2.75) is 103 Å². The molecule has 6 rings (SSSR count). The zero-order chi connectivity index (χ0) is 38.7. The van der Waals surface area contributed by atoms with Crippen LogP contribution in [0.1, 0.15) is 71.4 Å². The minimum absolute atomic E-state index is 0.0187. The maximum absolute atomic E-state index is 13.6. The number of aromatic nitrogens is 4. The van der Waals surface area contributed by atoms with Gasteiger partial charge in [-0.15, -0.1) is 0 Å². The van der Waals surface area contributed by atoms with Crippen LogP contribution in [0.15, 0.2) is 73.2 Å². The summed E-state index contributed by atoms with van der Waals surface area (Å²) >= 11 is 0. The molecule has 288 valence electrons. The van der Waals surface area contributed by atoms with Gasteiger partial charge in [0.2, 0.25) is 0 Å². The van der Waals surface area contributed by atoms with Crippen LogP contribution < -0.4 is 4.90 Å². The van der Waals surface area contributed by atoms with Gasteiger partial charge in [0.15, 0.2) is 17.3 Å². The van der Waals surface area contributed by atoms with Gasteiger partial charge in [-0.1, -0.05) is 60.7 Å². The Morgan fingerprint density at radius 3 is 2.09 bits per heavy atom. The van der Waals surface area contributed by atoms with Gasteiger partial charge in [0.25, 0.3) is 5.60 Å². The number of nitrogens with zero attached hydrogens (tertiary/aromatic N) is 5. The average Bonchev–Trinajstić information content (AvgIpc) is 3.80. The van der Waals surface area contributed by atoms with Crippen molar-refractivity contribution in [1.82, 2.24) is 19.6 Å². The number of imidazole rings is 1. The zero-order valence-electron chi connectivity index (χ0n) is 31.6. The molecule has 2 saturated heterocycles. The second-order valence-electron chi connectivity index (χ2n) is 14.5. The Kier molecular flexibility index (Phi) is 11.3. The van der Waals surface area contributed by atoms with Crippen LogP contribution in [0.3, 0.4) is 0 Å². The summed E-state index contributed by atoms with van der Waals surface area (Å²) in [6.45, 7) is 12.2. The van der Waals surface area contributed by atoms with Crippen LogP contribution in [-0.4, -0.2) is 92.7 Å². The first kappa shape index (κ1) is 38.8. The largest absolute Gasteiger partial charge is 0.463 e. The Balaban J connectivity index is 1.34. The van der Waals surface area contributed by atoms with Gasteiger partial charge >= 0.3 is 18.0 Å². The fraction of sp³-hybridized carbons (Fsp3) is 0.487. The van der Waals surface area contributed by atoms with E-state index in [-0.39, 0.29) is 44.3 Å². The lowest BCUT2D eigenvalue weighted by atomic mass is 9.93.